The summed E-state index contributed by atoms with van der Waals surface area (Å²) in [4.78, 5) is 32.2. The van der Waals surface area contributed by atoms with E-state index in [1.54, 1.807) is 30.3 Å². The monoisotopic (exact) mass is 432 g/mol. The maximum Gasteiger partial charge on any atom is 0.318 e. The molecule has 27 heavy (non-hydrogen) atoms. The molecule has 0 atom stereocenters. The molecule has 2 rings (SSSR count). The van der Waals surface area contributed by atoms with Gasteiger partial charge in [-0.2, -0.15) is 5.26 Å². The highest BCUT2D eigenvalue weighted by molar-refractivity contribution is 9.10. The van der Waals surface area contributed by atoms with Gasteiger partial charge in [-0.25, -0.2) is 0 Å². The van der Waals surface area contributed by atoms with Crippen LogP contribution in [0, 0.1) is 31.6 Å². The van der Waals surface area contributed by atoms with E-state index in [4.69, 9.17) is 0 Å². The summed E-state index contributed by atoms with van der Waals surface area (Å²) in [7, 11) is 0. The minimum absolute atomic E-state index is 0.374. The lowest BCUT2D eigenvalue weighted by atomic mass is 10.1. The molecule has 0 saturated heterocycles. The van der Waals surface area contributed by atoms with E-state index in [1.807, 2.05) is 0 Å². The SMILES string of the molecule is N#C/C(=C/c1cc([N+](=O)[O-])cc([N+](=O)[O-])c1O)C(=O)Nc1ccc(Br)cc1. The van der Waals surface area contributed by atoms with Crippen molar-refractivity contribution < 1.29 is 19.7 Å². The second-order valence-corrected chi connectivity index (χ2v) is 5.96. The zero-order valence-electron chi connectivity index (χ0n) is 13.2. The molecule has 2 N–H and O–H groups in total. The second kappa shape index (κ2) is 8.07. The maximum absolute atomic E-state index is 12.2. The number of benzene rings is 2. The number of nitro groups is 2. The van der Waals surface area contributed by atoms with E-state index in [0.717, 1.165) is 16.6 Å². The Hall–Kier alpha value is -3.78. The molecular formula is C16H9BrN4O6. The van der Waals surface area contributed by atoms with E-state index < -0.39 is 44.0 Å². The van der Waals surface area contributed by atoms with Crippen molar-refractivity contribution in [2.75, 3.05) is 5.32 Å². The van der Waals surface area contributed by atoms with E-state index in [1.165, 1.54) is 0 Å². The molecule has 2 aromatic rings. The van der Waals surface area contributed by atoms with Crippen LogP contribution < -0.4 is 5.32 Å². The molecule has 0 saturated carbocycles. The third-order valence-electron chi connectivity index (χ3n) is 3.28. The number of phenols is 1. The van der Waals surface area contributed by atoms with Crippen molar-refractivity contribution in [1.82, 2.24) is 0 Å². The third kappa shape index (κ3) is 4.65. The van der Waals surface area contributed by atoms with Gasteiger partial charge in [0.05, 0.1) is 15.9 Å². The first-order chi connectivity index (χ1) is 12.7. The standard InChI is InChI=1S/C16H9BrN4O6/c17-11-1-3-12(4-2-11)19-16(23)10(8-18)5-9-6-13(20(24)25)7-14(15(9)22)21(26)27/h1-7,22H,(H,19,23)/b10-5-. The zero-order chi connectivity index (χ0) is 20.1. The van der Waals surface area contributed by atoms with Crippen LogP contribution >= 0.6 is 15.9 Å². The number of carbonyl (C=O) groups excluding carboxylic acids is 1. The molecule has 0 unspecified atom stereocenters. The average Bonchev–Trinajstić information content (AvgIpc) is 2.62. The van der Waals surface area contributed by atoms with Crippen LogP contribution in [-0.4, -0.2) is 20.9 Å². The molecule has 0 heterocycles. The Kier molecular flexibility index (Phi) is 5.84. The van der Waals surface area contributed by atoms with Crippen LogP contribution in [0.15, 0.2) is 46.4 Å². The van der Waals surface area contributed by atoms with Gasteiger partial charge in [0.15, 0.2) is 0 Å². The van der Waals surface area contributed by atoms with Gasteiger partial charge in [-0.15, -0.1) is 0 Å². The normalized spacial score (nSPS) is 10.7. The van der Waals surface area contributed by atoms with Crippen molar-refractivity contribution in [3.05, 3.63) is 72.2 Å². The molecular weight excluding hydrogens is 424 g/mol. The van der Waals surface area contributed by atoms with E-state index in [0.29, 0.717) is 11.8 Å². The number of non-ortho nitro benzene ring substituents is 1. The number of hydrogen-bond donors (Lipinski definition) is 2. The fourth-order valence-electron chi connectivity index (χ4n) is 2.02. The van der Waals surface area contributed by atoms with Crippen LogP contribution in [0.2, 0.25) is 0 Å². The average molecular weight is 433 g/mol. The van der Waals surface area contributed by atoms with Crippen molar-refractivity contribution in [2.45, 2.75) is 0 Å². The highest BCUT2D eigenvalue weighted by Gasteiger charge is 2.24. The van der Waals surface area contributed by atoms with Gasteiger partial charge < -0.3 is 10.4 Å². The number of phenolic OH excluding ortho intramolecular Hbond substituents is 1. The predicted molar refractivity (Wildman–Crippen MR) is 97.8 cm³/mol. The molecule has 11 heteroatoms. The van der Waals surface area contributed by atoms with Crippen LogP contribution in [0.5, 0.6) is 5.75 Å². The number of nitrogens with zero attached hydrogens (tertiary/aromatic N) is 3. The van der Waals surface area contributed by atoms with Gasteiger partial charge in [0.25, 0.3) is 11.6 Å². The molecule has 0 fully saturated rings. The van der Waals surface area contributed by atoms with Crippen LogP contribution in [-0.2, 0) is 4.79 Å². The number of carbonyl (C=O) groups is 1. The van der Waals surface area contributed by atoms with E-state index in [-0.39, 0.29) is 0 Å². The summed E-state index contributed by atoms with van der Waals surface area (Å²) in [5, 5.41) is 43.5. The van der Waals surface area contributed by atoms with Crippen molar-refractivity contribution in [1.29, 1.82) is 5.26 Å². The largest absolute Gasteiger partial charge is 0.502 e. The fraction of sp³-hybridized carbons (Fsp3) is 0. The van der Waals surface area contributed by atoms with Gasteiger partial charge in [0, 0.05) is 21.8 Å². The lowest BCUT2D eigenvalue weighted by Gasteiger charge is -2.05. The Balaban J connectivity index is 2.45. The van der Waals surface area contributed by atoms with Crippen molar-refractivity contribution in [2.24, 2.45) is 0 Å². The molecule has 2 aromatic carbocycles. The van der Waals surface area contributed by atoms with Gasteiger partial charge in [-0.3, -0.25) is 25.0 Å². The summed E-state index contributed by atoms with van der Waals surface area (Å²) in [6.07, 6.45) is 0.837. The number of amides is 1. The molecule has 0 aromatic heterocycles. The van der Waals surface area contributed by atoms with Gasteiger partial charge >= 0.3 is 5.69 Å². The summed E-state index contributed by atoms with van der Waals surface area (Å²) in [5.74, 6) is -1.75. The van der Waals surface area contributed by atoms with Gasteiger partial charge in [0.1, 0.15) is 11.6 Å². The van der Waals surface area contributed by atoms with Crippen molar-refractivity contribution >= 4 is 45.0 Å². The minimum Gasteiger partial charge on any atom is -0.502 e. The second-order valence-electron chi connectivity index (χ2n) is 5.05. The molecule has 0 spiro atoms. The summed E-state index contributed by atoms with van der Waals surface area (Å²) in [6, 6.07) is 9.44. The summed E-state index contributed by atoms with van der Waals surface area (Å²) >= 11 is 3.23. The van der Waals surface area contributed by atoms with E-state index in [9.17, 15) is 35.4 Å². The number of anilines is 1. The van der Waals surface area contributed by atoms with Crippen LogP contribution in [0.25, 0.3) is 6.08 Å². The first-order valence-corrected chi connectivity index (χ1v) is 7.86. The summed E-state index contributed by atoms with van der Waals surface area (Å²) in [6.45, 7) is 0. The Morgan fingerprint density at radius 1 is 1.19 bits per heavy atom. The Morgan fingerprint density at radius 3 is 2.33 bits per heavy atom. The van der Waals surface area contributed by atoms with Gasteiger partial charge in [-0.1, -0.05) is 15.9 Å². The first kappa shape index (κ1) is 19.5. The molecule has 0 aliphatic heterocycles. The highest BCUT2D eigenvalue weighted by atomic mass is 79.9. The smallest absolute Gasteiger partial charge is 0.318 e. The van der Waals surface area contributed by atoms with Crippen molar-refractivity contribution in [3.63, 3.8) is 0 Å². The highest BCUT2D eigenvalue weighted by Crippen LogP contribution is 2.35. The number of nitrogens with one attached hydrogen (secondary N) is 1. The molecule has 0 bridgehead atoms. The Morgan fingerprint density at radius 2 is 1.81 bits per heavy atom. The molecule has 136 valence electrons. The number of nitriles is 1. The Labute approximate surface area is 159 Å². The quantitative estimate of drug-likeness (QED) is 0.316. The third-order valence-corrected chi connectivity index (χ3v) is 3.81. The van der Waals surface area contributed by atoms with E-state index in [2.05, 4.69) is 21.2 Å². The number of aromatic hydroxyl groups is 1. The minimum atomic E-state index is -1.01. The van der Waals surface area contributed by atoms with Gasteiger partial charge in [0.2, 0.25) is 5.75 Å². The number of nitro benzene ring substituents is 2. The first-order valence-electron chi connectivity index (χ1n) is 7.07. The zero-order valence-corrected chi connectivity index (χ0v) is 14.8. The molecule has 0 aliphatic carbocycles. The Bertz CT molecular complexity index is 1010. The lowest BCUT2D eigenvalue weighted by molar-refractivity contribution is -0.394. The van der Waals surface area contributed by atoms with Crippen LogP contribution in [0.4, 0.5) is 17.1 Å². The van der Waals surface area contributed by atoms with Crippen molar-refractivity contribution in [3.8, 4) is 11.8 Å². The number of rotatable bonds is 5. The summed E-state index contributed by atoms with van der Waals surface area (Å²) < 4.78 is 0.769. The number of hydrogen-bond acceptors (Lipinski definition) is 7. The van der Waals surface area contributed by atoms with Crippen LogP contribution in [0.1, 0.15) is 5.56 Å². The van der Waals surface area contributed by atoms with Crippen LogP contribution in [0.3, 0.4) is 0 Å². The van der Waals surface area contributed by atoms with E-state index >= 15 is 0 Å². The molecule has 0 aliphatic rings. The molecule has 0 radical (unpaired) electrons. The predicted octanol–water partition coefficient (Wildman–Crippen LogP) is 3.52. The number of halogens is 1. The fourth-order valence-corrected chi connectivity index (χ4v) is 2.28. The summed E-state index contributed by atoms with van der Waals surface area (Å²) in [5.41, 5.74) is -2.13. The molecule has 10 nitrogen and oxygen atoms in total. The van der Waals surface area contributed by atoms with Gasteiger partial charge in [-0.05, 0) is 30.3 Å². The topological polar surface area (TPSA) is 159 Å². The maximum atomic E-state index is 12.2. The molecule has 1 amide bonds. The lowest BCUT2D eigenvalue weighted by Crippen LogP contribution is -2.13.